The third-order valence-corrected chi connectivity index (χ3v) is 7.94. The molecule has 2 heterocycles. The summed E-state index contributed by atoms with van der Waals surface area (Å²) in [5, 5.41) is 9.69. The first-order valence-electron chi connectivity index (χ1n) is 9.80. The average Bonchev–Trinajstić information content (AvgIpc) is 3.38. The first-order chi connectivity index (χ1) is 15.1. The minimum absolute atomic E-state index is 0.0415. The number of thioether (sulfide) groups is 2. The Morgan fingerprint density at radius 3 is 2.71 bits per heavy atom. The van der Waals surface area contributed by atoms with E-state index in [1.807, 2.05) is 30.3 Å². The van der Waals surface area contributed by atoms with Crippen LogP contribution in [0.5, 0.6) is 5.75 Å². The van der Waals surface area contributed by atoms with Crippen molar-refractivity contribution in [1.82, 2.24) is 19.7 Å². The van der Waals surface area contributed by atoms with Crippen LogP contribution in [-0.4, -0.2) is 32.6 Å². The number of thiazole rings is 1. The Morgan fingerprint density at radius 2 is 1.97 bits per heavy atom. The summed E-state index contributed by atoms with van der Waals surface area (Å²) in [6.45, 7) is 4.45. The molecule has 0 aliphatic carbocycles. The van der Waals surface area contributed by atoms with Crippen LogP contribution in [0.4, 0.5) is 0 Å². The number of ketones is 1. The van der Waals surface area contributed by atoms with E-state index >= 15 is 0 Å². The first kappa shape index (κ1) is 21.9. The van der Waals surface area contributed by atoms with Gasteiger partial charge in [0.25, 0.3) is 0 Å². The lowest BCUT2D eigenvalue weighted by Crippen LogP contribution is -2.02. The highest BCUT2D eigenvalue weighted by atomic mass is 32.2. The molecular formula is C22H22N4O2S3. The maximum Gasteiger partial charge on any atom is 0.191 e. The van der Waals surface area contributed by atoms with Crippen LogP contribution in [0.15, 0.2) is 52.0 Å². The van der Waals surface area contributed by atoms with Crippen molar-refractivity contribution in [3.63, 3.8) is 0 Å². The lowest BCUT2D eigenvalue weighted by molar-refractivity contribution is 0.101. The zero-order valence-corrected chi connectivity index (χ0v) is 19.9. The first-order valence-corrected chi connectivity index (χ1v) is 12.6. The fourth-order valence-electron chi connectivity index (χ4n) is 3.14. The number of hydrogen-bond donors (Lipinski definition) is 0. The van der Waals surface area contributed by atoms with Gasteiger partial charge in [0.1, 0.15) is 11.6 Å². The Balaban J connectivity index is 1.47. The quantitative estimate of drug-likeness (QED) is 0.229. The molecule has 2 aromatic heterocycles. The predicted molar refractivity (Wildman–Crippen MR) is 127 cm³/mol. The van der Waals surface area contributed by atoms with Gasteiger partial charge in [0.2, 0.25) is 0 Å². The van der Waals surface area contributed by atoms with Crippen LogP contribution in [0.2, 0.25) is 0 Å². The molecule has 0 saturated carbocycles. The van der Waals surface area contributed by atoms with E-state index in [1.165, 1.54) is 4.70 Å². The second-order valence-electron chi connectivity index (χ2n) is 6.75. The van der Waals surface area contributed by atoms with Crippen molar-refractivity contribution in [3.05, 3.63) is 59.4 Å². The molecule has 0 saturated heterocycles. The van der Waals surface area contributed by atoms with E-state index < -0.39 is 0 Å². The molecule has 0 fully saturated rings. The predicted octanol–water partition coefficient (Wildman–Crippen LogP) is 5.70. The van der Waals surface area contributed by atoms with E-state index in [1.54, 1.807) is 55.0 Å². The summed E-state index contributed by atoms with van der Waals surface area (Å²) in [6.07, 6.45) is 0. The van der Waals surface area contributed by atoms with Crippen molar-refractivity contribution in [3.8, 4) is 5.75 Å². The van der Waals surface area contributed by atoms with Gasteiger partial charge in [-0.25, -0.2) is 4.98 Å². The molecule has 0 unspecified atom stereocenters. The van der Waals surface area contributed by atoms with E-state index in [2.05, 4.69) is 32.7 Å². The monoisotopic (exact) mass is 470 g/mol. The lowest BCUT2D eigenvalue weighted by Gasteiger charge is -2.10. The fraction of sp³-hybridized carbons (Fsp3) is 0.273. The topological polar surface area (TPSA) is 69.9 Å². The van der Waals surface area contributed by atoms with Crippen LogP contribution < -0.4 is 4.74 Å². The second kappa shape index (κ2) is 9.84. The molecule has 2 aromatic carbocycles. The van der Waals surface area contributed by atoms with Crippen molar-refractivity contribution in [1.29, 1.82) is 0 Å². The van der Waals surface area contributed by atoms with E-state index in [4.69, 9.17) is 4.74 Å². The van der Waals surface area contributed by atoms with Gasteiger partial charge in [-0.2, -0.15) is 0 Å². The molecule has 0 aliphatic heterocycles. The molecule has 31 heavy (non-hydrogen) atoms. The van der Waals surface area contributed by atoms with Crippen molar-refractivity contribution >= 4 is 50.9 Å². The number of aromatic nitrogens is 4. The molecule has 9 heteroatoms. The van der Waals surface area contributed by atoms with Crippen molar-refractivity contribution < 1.29 is 9.53 Å². The van der Waals surface area contributed by atoms with Gasteiger partial charge in [-0.05, 0) is 44.2 Å². The molecule has 160 valence electrons. The molecule has 6 nitrogen and oxygen atoms in total. The van der Waals surface area contributed by atoms with Crippen LogP contribution in [0.3, 0.4) is 0 Å². The van der Waals surface area contributed by atoms with Crippen LogP contribution >= 0.6 is 34.9 Å². The highest BCUT2D eigenvalue weighted by Crippen LogP contribution is 2.33. The number of fused-ring (bicyclic) bond motifs is 1. The zero-order chi connectivity index (χ0) is 21.8. The molecule has 0 amide bonds. The summed E-state index contributed by atoms with van der Waals surface area (Å²) in [6, 6.07) is 13.7. The minimum Gasteiger partial charge on any atom is -0.496 e. The number of carbonyl (C=O) groups is 1. The smallest absolute Gasteiger partial charge is 0.191 e. The molecule has 0 aliphatic rings. The lowest BCUT2D eigenvalue weighted by atomic mass is 10.1. The van der Waals surface area contributed by atoms with Crippen LogP contribution in [0.1, 0.15) is 35.6 Å². The largest absolute Gasteiger partial charge is 0.496 e. The fourth-order valence-corrected chi connectivity index (χ4v) is 6.15. The minimum atomic E-state index is 0.0415. The Kier molecular flexibility index (Phi) is 6.94. The number of ether oxygens (including phenoxy) is 1. The Hall–Kier alpha value is -2.36. The summed E-state index contributed by atoms with van der Waals surface area (Å²) < 4.78 is 9.83. The Labute approximate surface area is 193 Å². The highest BCUT2D eigenvalue weighted by Gasteiger charge is 2.15. The second-order valence-corrected chi connectivity index (χ2v) is 9.95. The summed E-state index contributed by atoms with van der Waals surface area (Å²) in [4.78, 5) is 16.4. The average molecular weight is 471 g/mol. The molecule has 4 rings (SSSR count). The number of carbonyl (C=O) groups excluding carboxylic acids is 1. The van der Waals surface area contributed by atoms with Crippen LogP contribution in [-0.2, 0) is 18.1 Å². The number of rotatable bonds is 9. The van der Waals surface area contributed by atoms with Crippen LogP contribution in [0, 0.1) is 0 Å². The Morgan fingerprint density at radius 1 is 1.13 bits per heavy atom. The maximum absolute atomic E-state index is 11.7. The maximum atomic E-state index is 11.7. The van der Waals surface area contributed by atoms with Gasteiger partial charge >= 0.3 is 0 Å². The van der Waals surface area contributed by atoms with E-state index in [0.717, 1.165) is 38.7 Å². The molecule has 4 aromatic rings. The summed E-state index contributed by atoms with van der Waals surface area (Å²) >= 11 is 4.98. The summed E-state index contributed by atoms with van der Waals surface area (Å²) in [5.41, 5.74) is 2.68. The molecule has 0 atom stereocenters. The SMILES string of the molecule is CCn1c(CSc2nc3ccccc3s2)nnc1SCc1cc(C(C)=O)ccc1OC. The number of nitrogens with zero attached hydrogens (tertiary/aromatic N) is 4. The highest BCUT2D eigenvalue weighted by molar-refractivity contribution is 8.00. The number of methoxy groups -OCH3 is 1. The van der Waals surface area contributed by atoms with Gasteiger partial charge in [-0.15, -0.1) is 21.5 Å². The summed E-state index contributed by atoms with van der Waals surface area (Å²) in [5.74, 6) is 3.10. The van der Waals surface area contributed by atoms with Crippen molar-refractivity contribution in [2.75, 3.05) is 7.11 Å². The number of hydrogen-bond acceptors (Lipinski definition) is 8. The molecule has 0 N–H and O–H groups in total. The third kappa shape index (κ3) is 4.94. The number of benzene rings is 2. The molecule has 0 radical (unpaired) electrons. The van der Waals surface area contributed by atoms with Crippen molar-refractivity contribution in [2.24, 2.45) is 0 Å². The van der Waals surface area contributed by atoms with Crippen LogP contribution in [0.25, 0.3) is 10.2 Å². The van der Waals surface area contributed by atoms with Gasteiger partial charge in [0.15, 0.2) is 15.3 Å². The molecule has 0 bridgehead atoms. The van der Waals surface area contributed by atoms with Crippen molar-refractivity contribution in [2.45, 2.75) is 41.4 Å². The molecular weight excluding hydrogens is 448 g/mol. The van der Waals surface area contributed by atoms with Gasteiger partial charge in [-0.3, -0.25) is 4.79 Å². The Bertz CT molecular complexity index is 1190. The standard InChI is InChI=1S/C22H22N4O2S3/c1-4-26-20(13-30-22-23-17-7-5-6-8-19(17)31-22)24-25-21(26)29-12-16-11-15(14(2)27)9-10-18(16)28-3/h5-11H,4,12-13H2,1-3H3. The van der Waals surface area contributed by atoms with Gasteiger partial charge in [0.05, 0.1) is 23.1 Å². The zero-order valence-electron chi connectivity index (χ0n) is 17.5. The third-order valence-electron chi connectivity index (χ3n) is 4.75. The van der Waals surface area contributed by atoms with Gasteiger partial charge in [-0.1, -0.05) is 35.7 Å². The number of para-hydroxylation sites is 1. The normalized spacial score (nSPS) is 11.2. The molecule has 0 spiro atoms. The van der Waals surface area contributed by atoms with E-state index in [9.17, 15) is 4.79 Å². The summed E-state index contributed by atoms with van der Waals surface area (Å²) in [7, 11) is 1.64. The van der Waals surface area contributed by atoms with Gasteiger partial charge < -0.3 is 9.30 Å². The van der Waals surface area contributed by atoms with Gasteiger partial charge in [0, 0.05) is 23.4 Å². The van der Waals surface area contributed by atoms with E-state index in [-0.39, 0.29) is 5.78 Å². The van der Waals surface area contributed by atoms with E-state index in [0.29, 0.717) is 17.1 Å². The number of Topliss-reactive ketones (excluding diaryl/α,β-unsaturated/α-hetero) is 1.